The molecule has 4 amide bonds. The zero-order valence-corrected chi connectivity index (χ0v) is 25.0. The molecule has 7 heteroatoms. The third-order valence-electron chi connectivity index (χ3n) is 10.5. The van der Waals surface area contributed by atoms with Crippen LogP contribution >= 0.6 is 0 Å². The largest absolute Gasteiger partial charge is 0.507 e. The number of aromatic hydroxyl groups is 1. The van der Waals surface area contributed by atoms with Crippen LogP contribution in [0.2, 0.25) is 0 Å². The molecule has 0 unspecified atom stereocenters. The van der Waals surface area contributed by atoms with E-state index in [1.807, 2.05) is 57.2 Å². The molecule has 1 N–H and O–H groups in total. The Hall–Kier alpha value is -4.78. The van der Waals surface area contributed by atoms with Crippen molar-refractivity contribution in [3.8, 4) is 5.75 Å². The maximum absolute atomic E-state index is 14.5. The monoisotopic (exact) mass is 586 g/mol. The van der Waals surface area contributed by atoms with Gasteiger partial charge < -0.3 is 5.11 Å². The standard InChI is InChI=1S/C37H34N2O5/c1-5-22-11-13-25(14-12-22)38-33(41)27-16-15-26-28(30(27)35(38)43)19-29-34(42)39(24-9-7-6-8-10-24)36(44)37(29,4)31(26)23-17-20(2)32(40)21(3)18-23/h5-15,17-18,27-31,40H,1,16,19H2,2-4H3/t27-,28+,29-,30-,31-,37+/m0/s1. The SMILES string of the molecule is C=Cc1ccc(N2C(=O)[C@H]3[C@H](CC=C4[C@H]3C[C@H]3C(=O)N(c5ccccc5)C(=O)[C@@]3(C)[C@H]4c3cc(C)c(O)c(C)c3)C2=O)cc1. The summed E-state index contributed by atoms with van der Waals surface area (Å²) < 4.78 is 0. The first-order valence-electron chi connectivity index (χ1n) is 15.1. The molecule has 0 aromatic heterocycles. The highest BCUT2D eigenvalue weighted by Gasteiger charge is 2.67. The summed E-state index contributed by atoms with van der Waals surface area (Å²) >= 11 is 0. The summed E-state index contributed by atoms with van der Waals surface area (Å²) in [6.07, 6.45) is 4.43. The summed E-state index contributed by atoms with van der Waals surface area (Å²) in [6, 6.07) is 19.9. The van der Waals surface area contributed by atoms with Crippen LogP contribution in [0.25, 0.3) is 6.08 Å². The summed E-state index contributed by atoms with van der Waals surface area (Å²) in [5, 5.41) is 10.6. The van der Waals surface area contributed by atoms with Crippen molar-refractivity contribution in [3.05, 3.63) is 107 Å². The molecule has 7 nitrogen and oxygen atoms in total. The Balaban J connectivity index is 1.37. The van der Waals surface area contributed by atoms with Gasteiger partial charge in [-0.3, -0.25) is 24.1 Å². The minimum absolute atomic E-state index is 0.190. The van der Waals surface area contributed by atoms with Gasteiger partial charge in [0.15, 0.2) is 0 Å². The van der Waals surface area contributed by atoms with Crippen molar-refractivity contribution in [1.29, 1.82) is 0 Å². The van der Waals surface area contributed by atoms with Crippen molar-refractivity contribution in [2.24, 2.45) is 29.1 Å². The topological polar surface area (TPSA) is 95.0 Å². The average molecular weight is 587 g/mol. The Morgan fingerprint density at radius 2 is 1.48 bits per heavy atom. The molecule has 0 spiro atoms. The van der Waals surface area contributed by atoms with Crippen LogP contribution in [0.1, 0.15) is 47.9 Å². The molecule has 2 heterocycles. The first-order chi connectivity index (χ1) is 21.1. The number of carbonyl (C=O) groups excluding carboxylic acids is 4. The number of hydrogen-bond donors (Lipinski definition) is 1. The zero-order valence-electron chi connectivity index (χ0n) is 25.0. The maximum Gasteiger partial charge on any atom is 0.241 e. The second kappa shape index (κ2) is 9.88. The van der Waals surface area contributed by atoms with Gasteiger partial charge in [-0.05, 0) is 86.1 Å². The molecule has 7 rings (SSSR count). The minimum Gasteiger partial charge on any atom is -0.507 e. The highest BCUT2D eigenvalue weighted by atomic mass is 16.3. The number of carbonyl (C=O) groups is 4. The van der Waals surface area contributed by atoms with Crippen LogP contribution in [0.4, 0.5) is 11.4 Å². The number of aryl methyl sites for hydroxylation is 2. The van der Waals surface area contributed by atoms with Gasteiger partial charge in [0.1, 0.15) is 5.75 Å². The quantitative estimate of drug-likeness (QED) is 0.295. The Labute approximate surface area is 256 Å². The predicted molar refractivity (Wildman–Crippen MR) is 168 cm³/mol. The Kier molecular flexibility index (Phi) is 6.29. The molecule has 0 radical (unpaired) electrons. The first kappa shape index (κ1) is 28.0. The van der Waals surface area contributed by atoms with Gasteiger partial charge in [-0.15, -0.1) is 0 Å². The van der Waals surface area contributed by atoms with Gasteiger partial charge in [-0.2, -0.15) is 0 Å². The molecule has 2 aliphatic carbocycles. The van der Waals surface area contributed by atoms with E-state index in [4.69, 9.17) is 0 Å². The van der Waals surface area contributed by atoms with Gasteiger partial charge >= 0.3 is 0 Å². The van der Waals surface area contributed by atoms with E-state index < -0.39 is 35.0 Å². The van der Waals surface area contributed by atoms with Gasteiger partial charge in [0, 0.05) is 5.92 Å². The summed E-state index contributed by atoms with van der Waals surface area (Å²) in [4.78, 5) is 59.4. The summed E-state index contributed by atoms with van der Waals surface area (Å²) in [5.74, 6) is -3.65. The lowest BCUT2D eigenvalue weighted by molar-refractivity contribution is -0.131. The number of hydrogen-bond acceptors (Lipinski definition) is 5. The van der Waals surface area contributed by atoms with Crippen LogP contribution in [-0.4, -0.2) is 28.7 Å². The number of imide groups is 2. The van der Waals surface area contributed by atoms with E-state index in [2.05, 4.69) is 6.58 Å². The molecular weight excluding hydrogens is 552 g/mol. The number of rotatable bonds is 4. The van der Waals surface area contributed by atoms with Gasteiger partial charge in [0.25, 0.3) is 0 Å². The van der Waals surface area contributed by atoms with Crippen molar-refractivity contribution < 1.29 is 24.3 Å². The Morgan fingerprint density at radius 3 is 2.11 bits per heavy atom. The molecule has 1 saturated carbocycles. The fourth-order valence-electron chi connectivity index (χ4n) is 8.39. The van der Waals surface area contributed by atoms with Crippen molar-refractivity contribution in [2.75, 3.05) is 9.80 Å². The van der Waals surface area contributed by atoms with E-state index in [9.17, 15) is 24.3 Å². The van der Waals surface area contributed by atoms with E-state index in [-0.39, 0.29) is 29.4 Å². The molecule has 3 fully saturated rings. The zero-order chi connectivity index (χ0) is 31.1. The number of phenolic OH excluding ortho intramolecular Hbond substituents is 1. The maximum atomic E-state index is 14.5. The molecule has 3 aromatic carbocycles. The van der Waals surface area contributed by atoms with Crippen LogP contribution < -0.4 is 9.80 Å². The van der Waals surface area contributed by atoms with Crippen LogP contribution in [0.15, 0.2) is 85.0 Å². The van der Waals surface area contributed by atoms with Crippen LogP contribution in [0, 0.1) is 42.9 Å². The van der Waals surface area contributed by atoms with E-state index in [0.717, 1.165) is 16.7 Å². The van der Waals surface area contributed by atoms with E-state index in [1.165, 1.54) is 9.80 Å². The second-order valence-electron chi connectivity index (χ2n) is 12.8. The number of fused-ring (bicyclic) bond motifs is 4. The van der Waals surface area contributed by atoms with E-state index in [0.29, 0.717) is 35.3 Å². The fourth-order valence-corrected chi connectivity index (χ4v) is 8.39. The number of phenols is 1. The molecule has 4 aliphatic rings. The number of benzene rings is 3. The fraction of sp³-hybridized carbons (Fsp3) is 0.297. The number of para-hydroxylation sites is 1. The highest BCUT2D eigenvalue weighted by molar-refractivity contribution is 6.25. The lowest BCUT2D eigenvalue weighted by Crippen LogP contribution is -2.49. The van der Waals surface area contributed by atoms with E-state index in [1.54, 1.807) is 42.5 Å². The molecule has 3 aromatic rings. The van der Waals surface area contributed by atoms with Gasteiger partial charge in [-0.25, -0.2) is 4.90 Å². The lowest BCUT2D eigenvalue weighted by atomic mass is 9.51. The third-order valence-corrected chi connectivity index (χ3v) is 10.5. The smallest absolute Gasteiger partial charge is 0.241 e. The molecular formula is C37H34N2O5. The van der Waals surface area contributed by atoms with Gasteiger partial charge in [-0.1, -0.05) is 66.8 Å². The second-order valence-corrected chi connectivity index (χ2v) is 12.8. The third kappa shape index (κ3) is 3.74. The van der Waals surface area contributed by atoms with Crippen molar-refractivity contribution in [1.82, 2.24) is 0 Å². The summed E-state index contributed by atoms with van der Waals surface area (Å²) in [5.41, 5.74) is 3.90. The average Bonchev–Trinajstić information content (AvgIpc) is 3.39. The highest BCUT2D eigenvalue weighted by Crippen LogP contribution is 2.64. The summed E-state index contributed by atoms with van der Waals surface area (Å²) in [7, 11) is 0. The number of anilines is 2. The van der Waals surface area contributed by atoms with Crippen LogP contribution in [0.3, 0.4) is 0 Å². The van der Waals surface area contributed by atoms with Crippen LogP contribution in [-0.2, 0) is 19.2 Å². The lowest BCUT2D eigenvalue weighted by Gasteiger charge is -2.49. The van der Waals surface area contributed by atoms with Crippen molar-refractivity contribution >= 4 is 41.1 Å². The van der Waals surface area contributed by atoms with Crippen LogP contribution in [0.5, 0.6) is 5.75 Å². The minimum atomic E-state index is -1.12. The number of amides is 4. The molecule has 222 valence electrons. The number of nitrogens with zero attached hydrogens (tertiary/aromatic N) is 2. The number of allylic oxidation sites excluding steroid dienone is 2. The molecule has 2 aliphatic heterocycles. The Bertz CT molecular complexity index is 1770. The Morgan fingerprint density at radius 1 is 0.841 bits per heavy atom. The molecule has 2 saturated heterocycles. The normalized spacial score (nSPS) is 29.3. The molecule has 44 heavy (non-hydrogen) atoms. The molecule has 0 bridgehead atoms. The summed E-state index contributed by atoms with van der Waals surface area (Å²) in [6.45, 7) is 9.31. The van der Waals surface area contributed by atoms with E-state index >= 15 is 0 Å². The van der Waals surface area contributed by atoms with Crippen molar-refractivity contribution in [2.45, 2.75) is 39.5 Å². The first-order valence-corrected chi connectivity index (χ1v) is 15.1. The van der Waals surface area contributed by atoms with Crippen molar-refractivity contribution in [3.63, 3.8) is 0 Å². The molecule has 6 atom stereocenters. The van der Waals surface area contributed by atoms with Gasteiger partial charge in [0.05, 0.1) is 34.5 Å². The van der Waals surface area contributed by atoms with Gasteiger partial charge in [0.2, 0.25) is 23.6 Å². The predicted octanol–water partition coefficient (Wildman–Crippen LogP) is 6.09.